The molecule has 2 aromatic carbocycles. The van der Waals surface area contributed by atoms with Crippen molar-refractivity contribution in [2.75, 3.05) is 20.1 Å². The summed E-state index contributed by atoms with van der Waals surface area (Å²) in [6, 6.07) is 18.3. The van der Waals surface area contributed by atoms with E-state index in [0.717, 1.165) is 11.1 Å². The molecular formula is C24H23FN2O2S. The van der Waals surface area contributed by atoms with Crippen LogP contribution < -0.4 is 5.32 Å². The number of hydrogen-bond donors (Lipinski definition) is 1. The zero-order valence-corrected chi connectivity index (χ0v) is 17.5. The van der Waals surface area contributed by atoms with Crippen LogP contribution in [0.2, 0.25) is 0 Å². The summed E-state index contributed by atoms with van der Waals surface area (Å²) in [5.74, 6) is -0.998. The number of halogens is 1. The molecule has 0 unspecified atom stereocenters. The molecule has 0 saturated carbocycles. The van der Waals surface area contributed by atoms with E-state index >= 15 is 0 Å². The standard InChI is InChI=1S/C24H23FN2O2S/c1-26-23(29)24(15-17-6-4-7-18(14-17)21-10-5-13-30-21)11-12-27(16-24)22(28)19-8-2-3-9-20(19)25/h2-10,13-14H,11-12,15-16H2,1H3,(H,26,29)/t24-/m0/s1. The molecule has 1 N–H and O–H groups in total. The van der Waals surface area contributed by atoms with Gasteiger partial charge in [0.1, 0.15) is 5.82 Å². The molecule has 2 heterocycles. The minimum Gasteiger partial charge on any atom is -0.359 e. The van der Waals surface area contributed by atoms with Crippen molar-refractivity contribution >= 4 is 23.2 Å². The number of thiophene rings is 1. The number of amides is 2. The lowest BCUT2D eigenvalue weighted by Gasteiger charge is -2.28. The molecule has 4 rings (SSSR count). The van der Waals surface area contributed by atoms with Gasteiger partial charge in [0.15, 0.2) is 0 Å². The Hall–Kier alpha value is -2.99. The molecule has 3 aromatic rings. The molecule has 1 fully saturated rings. The molecule has 2 amide bonds. The van der Waals surface area contributed by atoms with Crippen LogP contribution in [0.1, 0.15) is 22.3 Å². The molecule has 0 aliphatic carbocycles. The Balaban J connectivity index is 1.59. The van der Waals surface area contributed by atoms with Crippen LogP contribution in [0.3, 0.4) is 0 Å². The van der Waals surface area contributed by atoms with E-state index < -0.39 is 11.2 Å². The van der Waals surface area contributed by atoms with Crippen molar-refractivity contribution in [3.63, 3.8) is 0 Å². The van der Waals surface area contributed by atoms with Crippen molar-refractivity contribution in [3.8, 4) is 10.4 Å². The molecule has 30 heavy (non-hydrogen) atoms. The number of hydrogen-bond acceptors (Lipinski definition) is 3. The fourth-order valence-corrected chi connectivity index (χ4v) is 4.92. The number of carbonyl (C=O) groups is 2. The van der Waals surface area contributed by atoms with Crippen molar-refractivity contribution in [2.24, 2.45) is 5.41 Å². The summed E-state index contributed by atoms with van der Waals surface area (Å²) in [5, 5.41) is 4.81. The first kappa shape index (κ1) is 20.3. The number of nitrogens with zero attached hydrogens (tertiary/aromatic N) is 1. The van der Waals surface area contributed by atoms with E-state index in [1.807, 2.05) is 23.6 Å². The van der Waals surface area contributed by atoms with E-state index in [4.69, 9.17) is 0 Å². The van der Waals surface area contributed by atoms with Gasteiger partial charge in [0.05, 0.1) is 11.0 Å². The first-order valence-corrected chi connectivity index (χ1v) is 10.8. The monoisotopic (exact) mass is 422 g/mol. The molecule has 1 saturated heterocycles. The maximum Gasteiger partial charge on any atom is 0.256 e. The summed E-state index contributed by atoms with van der Waals surface area (Å²) in [6.45, 7) is 0.689. The van der Waals surface area contributed by atoms with Crippen molar-refractivity contribution in [1.82, 2.24) is 10.2 Å². The Morgan fingerprint density at radius 3 is 2.70 bits per heavy atom. The maximum absolute atomic E-state index is 14.1. The van der Waals surface area contributed by atoms with Gasteiger partial charge in [-0.2, -0.15) is 0 Å². The average molecular weight is 423 g/mol. The first-order chi connectivity index (χ1) is 14.5. The van der Waals surface area contributed by atoms with Gasteiger partial charge in [-0.05, 0) is 47.5 Å². The van der Waals surface area contributed by atoms with Crippen molar-refractivity contribution in [1.29, 1.82) is 0 Å². The molecule has 0 spiro atoms. The zero-order chi connectivity index (χ0) is 21.1. The van der Waals surface area contributed by atoms with Gasteiger partial charge < -0.3 is 10.2 Å². The third-order valence-electron chi connectivity index (χ3n) is 5.73. The summed E-state index contributed by atoms with van der Waals surface area (Å²) >= 11 is 1.67. The van der Waals surface area contributed by atoms with Crippen LogP contribution in [0.4, 0.5) is 4.39 Å². The normalized spacial score (nSPS) is 18.4. The average Bonchev–Trinajstić information content (AvgIpc) is 3.44. The van der Waals surface area contributed by atoms with E-state index in [1.165, 1.54) is 17.0 Å². The van der Waals surface area contributed by atoms with Gasteiger partial charge in [-0.15, -0.1) is 11.3 Å². The van der Waals surface area contributed by atoms with Gasteiger partial charge in [-0.3, -0.25) is 9.59 Å². The molecule has 6 heteroatoms. The zero-order valence-electron chi connectivity index (χ0n) is 16.7. The Labute approximate surface area is 179 Å². The lowest BCUT2D eigenvalue weighted by Crippen LogP contribution is -2.44. The smallest absolute Gasteiger partial charge is 0.256 e. The molecule has 1 atom stereocenters. The number of carbonyl (C=O) groups excluding carboxylic acids is 2. The van der Waals surface area contributed by atoms with Crippen molar-refractivity contribution in [2.45, 2.75) is 12.8 Å². The van der Waals surface area contributed by atoms with Crippen LogP contribution in [-0.2, 0) is 11.2 Å². The summed E-state index contributed by atoms with van der Waals surface area (Å²) in [5.41, 5.74) is 1.48. The second-order valence-corrected chi connectivity index (χ2v) is 8.62. The second kappa shape index (κ2) is 8.40. The largest absolute Gasteiger partial charge is 0.359 e. The molecule has 1 aliphatic heterocycles. The lowest BCUT2D eigenvalue weighted by molar-refractivity contribution is -0.129. The summed E-state index contributed by atoms with van der Waals surface area (Å²) in [7, 11) is 1.62. The van der Waals surface area contributed by atoms with Gasteiger partial charge >= 0.3 is 0 Å². The SMILES string of the molecule is CNC(=O)[C@]1(Cc2cccc(-c3cccs3)c2)CCN(C(=O)c2ccccc2F)C1. The highest BCUT2D eigenvalue weighted by molar-refractivity contribution is 7.13. The van der Waals surface area contributed by atoms with Crippen LogP contribution >= 0.6 is 11.3 Å². The van der Waals surface area contributed by atoms with Crippen LogP contribution in [0.15, 0.2) is 66.0 Å². The highest BCUT2D eigenvalue weighted by Crippen LogP contribution is 2.36. The minimum absolute atomic E-state index is 0.0462. The Morgan fingerprint density at radius 2 is 1.97 bits per heavy atom. The highest BCUT2D eigenvalue weighted by Gasteiger charge is 2.46. The third kappa shape index (κ3) is 3.87. The van der Waals surface area contributed by atoms with E-state index in [-0.39, 0.29) is 23.9 Å². The van der Waals surface area contributed by atoms with Gasteiger partial charge in [-0.25, -0.2) is 4.39 Å². The van der Waals surface area contributed by atoms with E-state index in [1.54, 1.807) is 35.4 Å². The minimum atomic E-state index is -0.732. The maximum atomic E-state index is 14.1. The van der Waals surface area contributed by atoms with E-state index in [9.17, 15) is 14.0 Å². The second-order valence-electron chi connectivity index (χ2n) is 7.67. The number of rotatable bonds is 5. The summed E-state index contributed by atoms with van der Waals surface area (Å²) < 4.78 is 14.1. The third-order valence-corrected chi connectivity index (χ3v) is 6.65. The Bertz CT molecular complexity index is 1070. The van der Waals surface area contributed by atoms with E-state index in [0.29, 0.717) is 19.4 Å². The fourth-order valence-electron chi connectivity index (χ4n) is 4.19. The first-order valence-electron chi connectivity index (χ1n) is 9.91. The fraction of sp³-hybridized carbons (Fsp3) is 0.250. The molecule has 4 nitrogen and oxygen atoms in total. The van der Waals surface area contributed by atoms with Crippen LogP contribution in [0.25, 0.3) is 10.4 Å². The molecule has 154 valence electrons. The Morgan fingerprint density at radius 1 is 1.13 bits per heavy atom. The van der Waals surface area contributed by atoms with Crippen LogP contribution in [0.5, 0.6) is 0 Å². The predicted octanol–water partition coefficient (Wildman–Crippen LogP) is 4.38. The predicted molar refractivity (Wildman–Crippen MR) is 117 cm³/mol. The highest BCUT2D eigenvalue weighted by atomic mass is 32.1. The van der Waals surface area contributed by atoms with Crippen molar-refractivity contribution in [3.05, 3.63) is 83.0 Å². The van der Waals surface area contributed by atoms with Gasteiger partial charge in [0.2, 0.25) is 5.91 Å². The lowest BCUT2D eigenvalue weighted by atomic mass is 9.79. The molecule has 1 aliphatic rings. The van der Waals surface area contributed by atoms with Crippen molar-refractivity contribution < 1.29 is 14.0 Å². The Kier molecular flexibility index (Phi) is 5.68. The number of likely N-dealkylation sites (tertiary alicyclic amines) is 1. The van der Waals surface area contributed by atoms with E-state index in [2.05, 4.69) is 23.5 Å². The molecule has 0 radical (unpaired) electrons. The molecule has 1 aromatic heterocycles. The number of nitrogens with one attached hydrogen (secondary N) is 1. The van der Waals surface area contributed by atoms with Crippen LogP contribution in [-0.4, -0.2) is 36.9 Å². The summed E-state index contributed by atoms with van der Waals surface area (Å²) in [4.78, 5) is 28.6. The van der Waals surface area contributed by atoms with Gasteiger partial charge in [0.25, 0.3) is 5.91 Å². The molecular weight excluding hydrogens is 399 g/mol. The summed E-state index contributed by atoms with van der Waals surface area (Å²) in [6.07, 6.45) is 1.06. The van der Waals surface area contributed by atoms with Crippen LogP contribution in [0, 0.1) is 11.2 Å². The van der Waals surface area contributed by atoms with Gasteiger partial charge in [-0.1, -0.05) is 42.5 Å². The molecule has 0 bridgehead atoms. The number of benzene rings is 2. The quantitative estimate of drug-likeness (QED) is 0.664. The van der Waals surface area contributed by atoms with Gasteiger partial charge in [0, 0.05) is 25.0 Å². The topological polar surface area (TPSA) is 49.4 Å².